The van der Waals surface area contributed by atoms with Gasteiger partial charge in [0.25, 0.3) is 0 Å². The minimum absolute atomic E-state index is 0.0366. The fourth-order valence-corrected chi connectivity index (χ4v) is 2.24. The number of aromatic nitrogens is 4. The summed E-state index contributed by atoms with van der Waals surface area (Å²) < 4.78 is 16.7. The van der Waals surface area contributed by atoms with E-state index in [4.69, 9.17) is 14.2 Å². The molecular formula is C11H21N5O4S. The molecule has 10 heteroatoms. The predicted octanol–water partition coefficient (Wildman–Crippen LogP) is -0.465. The van der Waals surface area contributed by atoms with Gasteiger partial charge >= 0.3 is 0 Å². The molecule has 120 valence electrons. The number of carbonyl (C=O) groups excluding carboxylic acids is 1. The molecule has 0 saturated carbocycles. The molecule has 0 aliphatic rings. The van der Waals surface area contributed by atoms with E-state index in [1.165, 1.54) is 30.7 Å². The van der Waals surface area contributed by atoms with Crippen LogP contribution in [0.1, 0.15) is 6.92 Å². The average molecular weight is 319 g/mol. The van der Waals surface area contributed by atoms with Gasteiger partial charge in [0.2, 0.25) is 11.1 Å². The molecule has 1 aromatic rings. The summed E-state index contributed by atoms with van der Waals surface area (Å²) in [6.07, 6.45) is -0.441. The van der Waals surface area contributed by atoms with E-state index in [0.29, 0.717) is 18.3 Å². The molecule has 0 aromatic carbocycles. The standard InChI is InChI=1S/C11H21N5O4S/c1-8(6-18-2)12-9(17)7-21-11-13-14-15-16(11)5-10(19-3)20-4/h8,10H,5-7H2,1-4H3,(H,12,17). The Morgan fingerprint density at radius 3 is 2.71 bits per heavy atom. The monoisotopic (exact) mass is 319 g/mol. The molecule has 0 spiro atoms. The second-order valence-corrected chi connectivity index (χ2v) is 5.20. The summed E-state index contributed by atoms with van der Waals surface area (Å²) in [7, 11) is 4.67. The smallest absolute Gasteiger partial charge is 0.230 e. The van der Waals surface area contributed by atoms with Gasteiger partial charge in [0, 0.05) is 27.4 Å². The fourth-order valence-electron chi connectivity index (χ4n) is 1.54. The molecule has 21 heavy (non-hydrogen) atoms. The molecule has 0 bridgehead atoms. The summed E-state index contributed by atoms with van der Waals surface area (Å²) in [6, 6.07) is -0.0366. The number of carbonyl (C=O) groups is 1. The van der Waals surface area contributed by atoms with Crippen LogP contribution in [0.2, 0.25) is 0 Å². The van der Waals surface area contributed by atoms with Crippen LogP contribution in [0, 0.1) is 0 Å². The van der Waals surface area contributed by atoms with Gasteiger partial charge in [0.05, 0.1) is 18.9 Å². The zero-order valence-electron chi connectivity index (χ0n) is 12.6. The van der Waals surface area contributed by atoms with Gasteiger partial charge in [-0.2, -0.15) is 0 Å². The van der Waals surface area contributed by atoms with E-state index in [0.717, 1.165) is 0 Å². The number of nitrogens with zero attached hydrogens (tertiary/aromatic N) is 4. The average Bonchev–Trinajstić information content (AvgIpc) is 2.89. The van der Waals surface area contributed by atoms with Crippen LogP contribution in [0.3, 0.4) is 0 Å². The second-order valence-electron chi connectivity index (χ2n) is 4.26. The topological polar surface area (TPSA) is 100 Å². The van der Waals surface area contributed by atoms with Crippen molar-refractivity contribution in [3.05, 3.63) is 0 Å². The number of thioether (sulfide) groups is 1. The largest absolute Gasteiger partial charge is 0.383 e. The van der Waals surface area contributed by atoms with Gasteiger partial charge in [-0.3, -0.25) is 4.79 Å². The molecule has 0 saturated heterocycles. The quantitative estimate of drug-likeness (QED) is 0.456. The zero-order chi connectivity index (χ0) is 15.7. The van der Waals surface area contributed by atoms with E-state index in [2.05, 4.69) is 20.8 Å². The number of rotatable bonds is 10. The molecule has 1 amide bonds. The van der Waals surface area contributed by atoms with Crippen molar-refractivity contribution in [3.8, 4) is 0 Å². The highest BCUT2D eigenvalue weighted by molar-refractivity contribution is 7.99. The second kappa shape index (κ2) is 9.66. The third-order valence-electron chi connectivity index (χ3n) is 2.50. The van der Waals surface area contributed by atoms with Crippen LogP contribution in [-0.2, 0) is 25.5 Å². The Kier molecular flexibility index (Phi) is 8.20. The van der Waals surface area contributed by atoms with Crippen LogP contribution in [0.5, 0.6) is 0 Å². The summed E-state index contributed by atoms with van der Waals surface area (Å²) >= 11 is 1.25. The van der Waals surface area contributed by atoms with Crippen molar-refractivity contribution in [1.82, 2.24) is 25.5 Å². The van der Waals surface area contributed by atoms with E-state index in [1.54, 1.807) is 7.11 Å². The molecule has 1 unspecified atom stereocenters. The first-order valence-corrected chi connectivity index (χ1v) is 7.32. The summed E-state index contributed by atoms with van der Waals surface area (Å²) in [6.45, 7) is 2.69. The van der Waals surface area contributed by atoms with Crippen molar-refractivity contribution in [1.29, 1.82) is 0 Å². The third-order valence-corrected chi connectivity index (χ3v) is 3.46. The summed E-state index contributed by atoms with van der Waals surface area (Å²) in [5.41, 5.74) is 0. The highest BCUT2D eigenvalue weighted by Crippen LogP contribution is 2.14. The first-order valence-electron chi connectivity index (χ1n) is 6.33. The maximum Gasteiger partial charge on any atom is 0.230 e. The number of methoxy groups -OCH3 is 3. The van der Waals surface area contributed by atoms with E-state index >= 15 is 0 Å². The van der Waals surface area contributed by atoms with Crippen molar-refractivity contribution in [2.45, 2.75) is 31.0 Å². The lowest BCUT2D eigenvalue weighted by molar-refractivity contribution is -0.119. The van der Waals surface area contributed by atoms with Gasteiger partial charge in [-0.15, -0.1) is 5.10 Å². The minimum Gasteiger partial charge on any atom is -0.383 e. The Morgan fingerprint density at radius 1 is 1.38 bits per heavy atom. The normalized spacial score (nSPS) is 12.6. The molecule has 9 nitrogen and oxygen atoms in total. The summed E-state index contributed by atoms with van der Waals surface area (Å²) in [5.74, 6) is 0.119. The maximum absolute atomic E-state index is 11.8. The Balaban J connectivity index is 2.45. The number of hydrogen-bond donors (Lipinski definition) is 1. The summed E-state index contributed by atoms with van der Waals surface area (Å²) in [4.78, 5) is 11.8. The number of ether oxygens (including phenoxy) is 3. The van der Waals surface area contributed by atoms with E-state index in [1.807, 2.05) is 6.92 Å². The minimum atomic E-state index is -0.441. The molecule has 1 N–H and O–H groups in total. The molecule has 0 aliphatic heterocycles. The Labute approximate surface area is 127 Å². The lowest BCUT2D eigenvalue weighted by atomic mass is 10.3. The van der Waals surface area contributed by atoms with E-state index in [9.17, 15) is 4.79 Å². The summed E-state index contributed by atoms with van der Waals surface area (Å²) in [5, 5.41) is 14.7. The maximum atomic E-state index is 11.8. The van der Waals surface area contributed by atoms with Gasteiger partial charge in [-0.25, -0.2) is 4.68 Å². The van der Waals surface area contributed by atoms with Gasteiger partial charge < -0.3 is 19.5 Å². The number of hydrogen-bond acceptors (Lipinski definition) is 8. The molecule has 1 heterocycles. The molecule has 1 rings (SSSR count). The first kappa shape index (κ1) is 17.8. The van der Waals surface area contributed by atoms with Crippen molar-refractivity contribution >= 4 is 17.7 Å². The number of tetrazole rings is 1. The third kappa shape index (κ3) is 6.38. The van der Waals surface area contributed by atoms with Crippen LogP contribution < -0.4 is 5.32 Å². The van der Waals surface area contributed by atoms with E-state index < -0.39 is 6.29 Å². The van der Waals surface area contributed by atoms with Crippen LogP contribution in [0.25, 0.3) is 0 Å². The van der Waals surface area contributed by atoms with Crippen molar-refractivity contribution < 1.29 is 19.0 Å². The van der Waals surface area contributed by atoms with Gasteiger partial charge in [0.15, 0.2) is 6.29 Å². The first-order chi connectivity index (χ1) is 10.1. The fraction of sp³-hybridized carbons (Fsp3) is 0.818. The lowest BCUT2D eigenvalue weighted by Crippen LogP contribution is -2.36. The van der Waals surface area contributed by atoms with Crippen LogP contribution in [0.4, 0.5) is 0 Å². The molecule has 0 aliphatic carbocycles. The zero-order valence-corrected chi connectivity index (χ0v) is 13.4. The SMILES string of the molecule is COCC(C)NC(=O)CSc1nnnn1CC(OC)OC. The number of nitrogens with one attached hydrogen (secondary N) is 1. The van der Waals surface area contributed by atoms with E-state index in [-0.39, 0.29) is 17.7 Å². The van der Waals surface area contributed by atoms with Gasteiger partial charge in [-0.1, -0.05) is 11.8 Å². The van der Waals surface area contributed by atoms with Crippen molar-refractivity contribution in [2.75, 3.05) is 33.7 Å². The molecule has 1 atom stereocenters. The molecular weight excluding hydrogens is 298 g/mol. The predicted molar refractivity (Wildman–Crippen MR) is 75.8 cm³/mol. The molecule has 0 fully saturated rings. The Hall–Kier alpha value is -1.23. The number of amides is 1. The molecule has 1 aromatic heterocycles. The van der Waals surface area contributed by atoms with Crippen LogP contribution in [0.15, 0.2) is 5.16 Å². The van der Waals surface area contributed by atoms with Gasteiger partial charge in [0.1, 0.15) is 0 Å². The van der Waals surface area contributed by atoms with Crippen molar-refractivity contribution in [3.63, 3.8) is 0 Å². The molecule has 0 radical (unpaired) electrons. The lowest BCUT2D eigenvalue weighted by Gasteiger charge is -2.14. The highest BCUT2D eigenvalue weighted by Gasteiger charge is 2.15. The van der Waals surface area contributed by atoms with Crippen LogP contribution >= 0.6 is 11.8 Å². The van der Waals surface area contributed by atoms with Crippen LogP contribution in [-0.4, -0.2) is 72.1 Å². The highest BCUT2D eigenvalue weighted by atomic mass is 32.2. The van der Waals surface area contributed by atoms with Crippen molar-refractivity contribution in [2.24, 2.45) is 0 Å². The Bertz CT molecular complexity index is 427. The Morgan fingerprint density at radius 2 is 2.10 bits per heavy atom. The van der Waals surface area contributed by atoms with Gasteiger partial charge in [-0.05, 0) is 17.4 Å².